The lowest BCUT2D eigenvalue weighted by Crippen LogP contribution is -2.54. The van der Waals surface area contributed by atoms with Crippen LogP contribution >= 0.6 is 12.4 Å². The molecular formula is C14H29ClN2O. The van der Waals surface area contributed by atoms with Crippen LogP contribution in [0.5, 0.6) is 0 Å². The summed E-state index contributed by atoms with van der Waals surface area (Å²) in [5, 5.41) is 3.59. The number of halogens is 1. The number of hydrogen-bond acceptors (Lipinski definition) is 3. The zero-order valence-electron chi connectivity index (χ0n) is 12.2. The fourth-order valence-electron chi connectivity index (χ4n) is 2.86. The van der Waals surface area contributed by atoms with E-state index < -0.39 is 0 Å². The highest BCUT2D eigenvalue weighted by Crippen LogP contribution is 2.27. The van der Waals surface area contributed by atoms with Crippen molar-refractivity contribution in [1.29, 1.82) is 0 Å². The quantitative estimate of drug-likeness (QED) is 0.839. The van der Waals surface area contributed by atoms with Gasteiger partial charge >= 0.3 is 0 Å². The molecular weight excluding hydrogens is 248 g/mol. The van der Waals surface area contributed by atoms with E-state index in [2.05, 4.69) is 37.9 Å². The summed E-state index contributed by atoms with van der Waals surface area (Å²) in [7, 11) is 0. The topological polar surface area (TPSA) is 24.5 Å². The monoisotopic (exact) mass is 276 g/mol. The van der Waals surface area contributed by atoms with Gasteiger partial charge < -0.3 is 9.64 Å². The zero-order chi connectivity index (χ0) is 12.5. The van der Waals surface area contributed by atoms with Crippen molar-refractivity contribution in [2.24, 2.45) is 11.3 Å². The van der Waals surface area contributed by atoms with E-state index in [1.807, 2.05) is 0 Å². The van der Waals surface area contributed by atoms with Crippen molar-refractivity contribution in [3.63, 3.8) is 0 Å². The molecule has 2 aliphatic heterocycles. The fraction of sp³-hybridized carbons (Fsp3) is 1.00. The fourth-order valence-corrected chi connectivity index (χ4v) is 2.86. The summed E-state index contributed by atoms with van der Waals surface area (Å²) in [6, 6.07) is 0.665. The summed E-state index contributed by atoms with van der Waals surface area (Å²) < 4.78 is 6.02. The first-order valence-electron chi connectivity index (χ1n) is 7.07. The van der Waals surface area contributed by atoms with Crippen molar-refractivity contribution >= 4 is 12.4 Å². The van der Waals surface area contributed by atoms with E-state index in [0.29, 0.717) is 17.4 Å². The molecule has 3 nitrogen and oxygen atoms in total. The highest BCUT2D eigenvalue weighted by Gasteiger charge is 2.34. The van der Waals surface area contributed by atoms with Crippen LogP contribution in [0, 0.1) is 11.3 Å². The summed E-state index contributed by atoms with van der Waals surface area (Å²) in [4.78, 5) is 2.58. The van der Waals surface area contributed by atoms with E-state index >= 15 is 0 Å². The van der Waals surface area contributed by atoms with E-state index in [1.165, 1.54) is 25.9 Å². The van der Waals surface area contributed by atoms with Gasteiger partial charge in [-0.05, 0) is 33.2 Å². The maximum absolute atomic E-state index is 6.02. The number of likely N-dealkylation sites (tertiary alicyclic amines) is 1. The van der Waals surface area contributed by atoms with Gasteiger partial charge in [0.25, 0.3) is 0 Å². The van der Waals surface area contributed by atoms with Crippen LogP contribution in [0.15, 0.2) is 0 Å². The van der Waals surface area contributed by atoms with Gasteiger partial charge in [0, 0.05) is 30.5 Å². The second kappa shape index (κ2) is 6.56. The Bertz CT molecular complexity index is 248. The predicted molar refractivity (Wildman–Crippen MR) is 78.2 cm³/mol. The number of hydrogen-bond donors (Lipinski definition) is 1. The van der Waals surface area contributed by atoms with Crippen LogP contribution < -0.4 is 5.32 Å². The van der Waals surface area contributed by atoms with Crippen molar-refractivity contribution in [3.05, 3.63) is 0 Å². The molecule has 0 amide bonds. The van der Waals surface area contributed by atoms with Crippen LogP contribution in [0.1, 0.15) is 40.5 Å². The Morgan fingerprint density at radius 3 is 2.61 bits per heavy atom. The van der Waals surface area contributed by atoms with Crippen LogP contribution in [0.2, 0.25) is 0 Å². The van der Waals surface area contributed by atoms with Gasteiger partial charge in [0.15, 0.2) is 0 Å². The van der Waals surface area contributed by atoms with Crippen molar-refractivity contribution in [2.75, 3.05) is 26.2 Å². The van der Waals surface area contributed by atoms with Gasteiger partial charge in [0.1, 0.15) is 6.23 Å². The number of nitrogens with one attached hydrogen (secondary N) is 1. The first-order valence-corrected chi connectivity index (χ1v) is 7.07. The molecule has 0 aromatic heterocycles. The summed E-state index contributed by atoms with van der Waals surface area (Å²) in [6.07, 6.45) is 2.90. The minimum atomic E-state index is 0. The lowest BCUT2D eigenvalue weighted by atomic mass is 9.90. The maximum Gasteiger partial charge on any atom is 0.112 e. The van der Waals surface area contributed by atoms with Crippen LogP contribution in [-0.2, 0) is 4.74 Å². The average molecular weight is 277 g/mol. The van der Waals surface area contributed by atoms with E-state index in [0.717, 1.165) is 13.2 Å². The van der Waals surface area contributed by atoms with Crippen LogP contribution in [-0.4, -0.2) is 43.4 Å². The summed E-state index contributed by atoms with van der Waals surface area (Å²) >= 11 is 0. The second-order valence-electron chi connectivity index (χ2n) is 6.77. The minimum absolute atomic E-state index is 0. The molecule has 0 aromatic carbocycles. The van der Waals surface area contributed by atoms with E-state index in [4.69, 9.17) is 4.74 Å². The molecule has 0 aliphatic carbocycles. The van der Waals surface area contributed by atoms with Crippen molar-refractivity contribution in [3.8, 4) is 0 Å². The second-order valence-corrected chi connectivity index (χ2v) is 6.77. The Labute approximate surface area is 118 Å². The molecule has 0 radical (unpaired) electrons. The Hall–Kier alpha value is 0.170. The van der Waals surface area contributed by atoms with Gasteiger partial charge in [-0.25, -0.2) is 0 Å². The van der Waals surface area contributed by atoms with E-state index in [1.54, 1.807) is 0 Å². The molecule has 2 saturated heterocycles. The molecule has 0 bridgehead atoms. The Morgan fingerprint density at radius 2 is 2.06 bits per heavy atom. The molecule has 2 fully saturated rings. The zero-order valence-corrected chi connectivity index (χ0v) is 13.1. The van der Waals surface area contributed by atoms with Crippen LogP contribution in [0.25, 0.3) is 0 Å². The number of rotatable bonds is 2. The third-order valence-electron chi connectivity index (χ3n) is 4.08. The molecule has 2 heterocycles. The largest absolute Gasteiger partial charge is 0.362 e. The Morgan fingerprint density at radius 1 is 1.33 bits per heavy atom. The predicted octanol–water partition coefficient (Wildman–Crippen LogP) is 2.50. The maximum atomic E-state index is 6.02. The average Bonchev–Trinajstić information content (AvgIpc) is 2.29. The first-order chi connectivity index (χ1) is 7.98. The summed E-state index contributed by atoms with van der Waals surface area (Å²) in [6.45, 7) is 13.5. The van der Waals surface area contributed by atoms with Crippen LogP contribution in [0.4, 0.5) is 0 Å². The van der Waals surface area contributed by atoms with Gasteiger partial charge in [-0.1, -0.05) is 13.8 Å². The highest BCUT2D eigenvalue weighted by atomic mass is 35.5. The number of piperidine rings is 1. The molecule has 2 aliphatic rings. The van der Waals surface area contributed by atoms with Gasteiger partial charge in [0.05, 0.1) is 6.61 Å². The van der Waals surface area contributed by atoms with Gasteiger partial charge in [-0.15, -0.1) is 12.4 Å². The van der Waals surface area contributed by atoms with Crippen LogP contribution in [0.3, 0.4) is 0 Å². The third-order valence-corrected chi connectivity index (χ3v) is 4.08. The first kappa shape index (κ1) is 16.2. The molecule has 1 N–H and O–H groups in total. The SMILES string of the molecule is CC(C)N1CCCC(C2NCC(C)(C)CO2)C1.Cl. The summed E-state index contributed by atoms with van der Waals surface area (Å²) in [5.41, 5.74) is 0.295. The van der Waals surface area contributed by atoms with Gasteiger partial charge in [0.2, 0.25) is 0 Å². The molecule has 2 rings (SSSR count). The molecule has 0 saturated carbocycles. The highest BCUT2D eigenvalue weighted by molar-refractivity contribution is 5.85. The van der Waals surface area contributed by atoms with E-state index in [-0.39, 0.29) is 18.6 Å². The molecule has 2 atom stereocenters. The molecule has 2 unspecified atom stereocenters. The lowest BCUT2D eigenvalue weighted by Gasteiger charge is -2.43. The minimum Gasteiger partial charge on any atom is -0.362 e. The lowest BCUT2D eigenvalue weighted by molar-refractivity contribution is -0.0986. The molecule has 4 heteroatoms. The Kier molecular flexibility index (Phi) is 5.91. The van der Waals surface area contributed by atoms with E-state index in [9.17, 15) is 0 Å². The van der Waals surface area contributed by atoms with Crippen molar-refractivity contribution in [1.82, 2.24) is 10.2 Å². The van der Waals surface area contributed by atoms with Crippen molar-refractivity contribution < 1.29 is 4.74 Å². The molecule has 0 aromatic rings. The Balaban J connectivity index is 0.00000162. The summed E-state index contributed by atoms with van der Waals surface area (Å²) in [5.74, 6) is 0.669. The smallest absolute Gasteiger partial charge is 0.112 e. The van der Waals surface area contributed by atoms with Crippen molar-refractivity contribution in [2.45, 2.75) is 52.8 Å². The molecule has 18 heavy (non-hydrogen) atoms. The number of nitrogens with zero attached hydrogens (tertiary/aromatic N) is 1. The normalized spacial score (nSPS) is 33.2. The molecule has 108 valence electrons. The van der Waals surface area contributed by atoms with Gasteiger partial charge in [-0.2, -0.15) is 0 Å². The third kappa shape index (κ3) is 4.09. The van der Waals surface area contributed by atoms with Gasteiger partial charge in [-0.3, -0.25) is 5.32 Å². The standard InChI is InChI=1S/C14H28N2O.ClH/c1-11(2)16-7-5-6-12(8-16)13-15-9-14(3,4)10-17-13;/h11-13,15H,5-10H2,1-4H3;1H. The number of ether oxygens (including phenoxy) is 1. The molecule has 0 spiro atoms.